The first kappa shape index (κ1) is 7.85. The van der Waals surface area contributed by atoms with E-state index in [4.69, 9.17) is 4.74 Å². The third kappa shape index (κ3) is 1.02. The quantitative estimate of drug-likeness (QED) is 0.620. The molecule has 0 N–H and O–H groups in total. The van der Waals surface area contributed by atoms with Gasteiger partial charge in [-0.2, -0.15) is 0 Å². The average molecular weight is 189 g/mol. The molecule has 0 saturated carbocycles. The Morgan fingerprint density at radius 1 is 1.29 bits per heavy atom. The van der Waals surface area contributed by atoms with Crippen LogP contribution in [0.3, 0.4) is 0 Å². The molecule has 3 heteroatoms. The number of fused-ring (bicyclic) bond motifs is 2. The Labute approximate surface area is 82.3 Å². The van der Waals surface area contributed by atoms with Gasteiger partial charge in [0, 0.05) is 6.54 Å². The zero-order valence-corrected chi connectivity index (χ0v) is 7.77. The number of cyclic esters (lactones) is 1. The SMILES string of the molecule is O=C1OC[C@@H]2Cc3ccccc3CN12. The topological polar surface area (TPSA) is 29.5 Å². The van der Waals surface area contributed by atoms with E-state index in [2.05, 4.69) is 12.1 Å². The molecule has 2 heterocycles. The molecule has 0 spiro atoms. The van der Waals surface area contributed by atoms with Crippen LogP contribution in [-0.4, -0.2) is 23.6 Å². The monoisotopic (exact) mass is 189 g/mol. The molecule has 0 radical (unpaired) electrons. The lowest BCUT2D eigenvalue weighted by Gasteiger charge is -2.28. The van der Waals surface area contributed by atoms with Crippen molar-refractivity contribution in [3.05, 3.63) is 35.4 Å². The Bertz CT molecular complexity index is 389. The maximum Gasteiger partial charge on any atom is 0.410 e. The highest BCUT2D eigenvalue weighted by molar-refractivity contribution is 5.70. The lowest BCUT2D eigenvalue weighted by molar-refractivity contribution is 0.155. The Balaban J connectivity index is 1.99. The van der Waals surface area contributed by atoms with Crippen molar-refractivity contribution < 1.29 is 9.53 Å². The highest BCUT2D eigenvalue weighted by Gasteiger charge is 2.36. The van der Waals surface area contributed by atoms with Gasteiger partial charge in [0.25, 0.3) is 0 Å². The molecule has 1 amide bonds. The standard InChI is InChI=1S/C11H11NO2/c13-11-12-6-9-4-2-1-3-8(9)5-10(12)7-14-11/h1-4,10H,5-7H2/t10-/m0/s1. The highest BCUT2D eigenvalue weighted by atomic mass is 16.6. The predicted molar refractivity (Wildman–Crippen MR) is 50.8 cm³/mol. The molecule has 2 aliphatic rings. The zero-order valence-electron chi connectivity index (χ0n) is 7.77. The zero-order chi connectivity index (χ0) is 9.54. The number of carbonyl (C=O) groups excluding carboxylic acids is 1. The molecule has 0 aromatic heterocycles. The van der Waals surface area contributed by atoms with Gasteiger partial charge in [-0.3, -0.25) is 4.90 Å². The molecule has 1 aromatic carbocycles. The van der Waals surface area contributed by atoms with Crippen LogP contribution in [0.4, 0.5) is 4.79 Å². The summed E-state index contributed by atoms with van der Waals surface area (Å²) in [6.45, 7) is 1.26. The fourth-order valence-corrected chi connectivity index (χ4v) is 2.20. The second-order valence-corrected chi connectivity index (χ2v) is 3.83. The summed E-state index contributed by atoms with van der Waals surface area (Å²) < 4.78 is 5.02. The molecule has 3 nitrogen and oxygen atoms in total. The lowest BCUT2D eigenvalue weighted by Crippen LogP contribution is -2.38. The summed E-state index contributed by atoms with van der Waals surface area (Å²) in [7, 11) is 0. The van der Waals surface area contributed by atoms with Gasteiger partial charge in [0.1, 0.15) is 6.61 Å². The molecule has 0 aliphatic carbocycles. The van der Waals surface area contributed by atoms with Crippen molar-refractivity contribution in [2.75, 3.05) is 6.61 Å². The number of nitrogens with zero attached hydrogens (tertiary/aromatic N) is 1. The third-order valence-electron chi connectivity index (χ3n) is 2.99. The van der Waals surface area contributed by atoms with Gasteiger partial charge < -0.3 is 4.74 Å². The van der Waals surface area contributed by atoms with Crippen molar-refractivity contribution >= 4 is 6.09 Å². The lowest BCUT2D eigenvalue weighted by atomic mass is 9.95. The van der Waals surface area contributed by atoms with Crippen LogP contribution >= 0.6 is 0 Å². The fourth-order valence-electron chi connectivity index (χ4n) is 2.20. The number of rotatable bonds is 0. The first-order valence-corrected chi connectivity index (χ1v) is 4.85. The Hall–Kier alpha value is -1.51. The van der Waals surface area contributed by atoms with Crippen LogP contribution in [0.5, 0.6) is 0 Å². The molecule has 2 aliphatic heterocycles. The van der Waals surface area contributed by atoms with E-state index < -0.39 is 0 Å². The fraction of sp³-hybridized carbons (Fsp3) is 0.364. The molecule has 14 heavy (non-hydrogen) atoms. The maximum atomic E-state index is 11.3. The van der Waals surface area contributed by atoms with Crippen LogP contribution < -0.4 is 0 Å². The maximum absolute atomic E-state index is 11.3. The molecule has 1 atom stereocenters. The average Bonchev–Trinajstić information content (AvgIpc) is 2.57. The minimum Gasteiger partial charge on any atom is -0.447 e. The van der Waals surface area contributed by atoms with Gasteiger partial charge >= 0.3 is 6.09 Å². The van der Waals surface area contributed by atoms with Gasteiger partial charge in [-0.15, -0.1) is 0 Å². The summed E-state index contributed by atoms with van der Waals surface area (Å²) in [4.78, 5) is 13.1. The summed E-state index contributed by atoms with van der Waals surface area (Å²) in [6, 6.07) is 8.54. The summed E-state index contributed by atoms with van der Waals surface area (Å²) in [5.74, 6) is 0. The molecular weight excluding hydrogens is 178 g/mol. The van der Waals surface area contributed by atoms with Crippen molar-refractivity contribution in [2.24, 2.45) is 0 Å². The number of carbonyl (C=O) groups is 1. The molecule has 1 fully saturated rings. The van der Waals surface area contributed by atoms with Crippen LogP contribution in [0.25, 0.3) is 0 Å². The molecule has 1 aromatic rings. The number of amides is 1. The van der Waals surface area contributed by atoms with Crippen molar-refractivity contribution in [1.82, 2.24) is 4.90 Å². The second kappa shape index (κ2) is 2.74. The van der Waals surface area contributed by atoms with Gasteiger partial charge in [-0.1, -0.05) is 24.3 Å². The van der Waals surface area contributed by atoms with E-state index >= 15 is 0 Å². The van der Waals surface area contributed by atoms with Crippen molar-refractivity contribution in [3.8, 4) is 0 Å². The Morgan fingerprint density at radius 3 is 2.93 bits per heavy atom. The van der Waals surface area contributed by atoms with E-state index in [1.807, 2.05) is 17.0 Å². The van der Waals surface area contributed by atoms with E-state index in [0.29, 0.717) is 13.2 Å². The normalized spacial score (nSPS) is 24.1. The number of hydrogen-bond acceptors (Lipinski definition) is 2. The van der Waals surface area contributed by atoms with Gasteiger partial charge in [0.2, 0.25) is 0 Å². The second-order valence-electron chi connectivity index (χ2n) is 3.83. The van der Waals surface area contributed by atoms with E-state index in [1.54, 1.807) is 0 Å². The van der Waals surface area contributed by atoms with Crippen LogP contribution in [0, 0.1) is 0 Å². The minimum atomic E-state index is -0.162. The number of hydrogen-bond donors (Lipinski definition) is 0. The third-order valence-corrected chi connectivity index (χ3v) is 2.99. The van der Waals surface area contributed by atoms with Gasteiger partial charge in [-0.25, -0.2) is 4.79 Å². The van der Waals surface area contributed by atoms with Crippen molar-refractivity contribution in [1.29, 1.82) is 0 Å². The first-order chi connectivity index (χ1) is 6.84. The van der Waals surface area contributed by atoms with Gasteiger partial charge in [-0.05, 0) is 17.5 Å². The first-order valence-electron chi connectivity index (χ1n) is 4.85. The van der Waals surface area contributed by atoms with E-state index in [9.17, 15) is 4.79 Å². The van der Waals surface area contributed by atoms with Gasteiger partial charge in [0.05, 0.1) is 6.04 Å². The summed E-state index contributed by atoms with van der Waals surface area (Å²) in [5.41, 5.74) is 2.61. The molecule has 1 saturated heterocycles. The Kier molecular flexibility index (Phi) is 1.54. The van der Waals surface area contributed by atoms with Crippen LogP contribution in [0.2, 0.25) is 0 Å². The number of benzene rings is 1. The van der Waals surface area contributed by atoms with Gasteiger partial charge in [0.15, 0.2) is 0 Å². The molecular formula is C11H11NO2. The van der Waals surface area contributed by atoms with E-state index in [-0.39, 0.29) is 12.1 Å². The molecule has 3 rings (SSSR count). The van der Waals surface area contributed by atoms with Crippen LogP contribution in [0.15, 0.2) is 24.3 Å². The van der Waals surface area contributed by atoms with Crippen molar-refractivity contribution in [2.45, 2.75) is 19.0 Å². The summed E-state index contributed by atoms with van der Waals surface area (Å²) in [6.07, 6.45) is 0.770. The number of ether oxygens (including phenoxy) is 1. The molecule has 0 bridgehead atoms. The van der Waals surface area contributed by atoms with E-state index in [0.717, 1.165) is 6.42 Å². The van der Waals surface area contributed by atoms with Crippen LogP contribution in [0.1, 0.15) is 11.1 Å². The Morgan fingerprint density at radius 2 is 2.07 bits per heavy atom. The summed E-state index contributed by atoms with van der Waals surface area (Å²) >= 11 is 0. The molecule has 0 unspecified atom stereocenters. The van der Waals surface area contributed by atoms with Crippen molar-refractivity contribution in [3.63, 3.8) is 0 Å². The summed E-state index contributed by atoms with van der Waals surface area (Å²) in [5, 5.41) is 0. The predicted octanol–water partition coefficient (Wildman–Crippen LogP) is 1.56. The highest BCUT2D eigenvalue weighted by Crippen LogP contribution is 2.27. The van der Waals surface area contributed by atoms with E-state index in [1.165, 1.54) is 11.1 Å². The minimum absolute atomic E-state index is 0.162. The largest absolute Gasteiger partial charge is 0.447 e. The van der Waals surface area contributed by atoms with Crippen LogP contribution in [-0.2, 0) is 17.7 Å². The smallest absolute Gasteiger partial charge is 0.410 e. The molecule has 72 valence electrons.